The van der Waals surface area contributed by atoms with Crippen molar-refractivity contribution in [3.05, 3.63) is 59.7 Å². The van der Waals surface area contributed by atoms with Crippen LogP contribution in [-0.2, 0) is 0 Å². The first-order valence-corrected chi connectivity index (χ1v) is 7.32. The van der Waals surface area contributed by atoms with Gasteiger partial charge in [-0.25, -0.2) is 0 Å². The van der Waals surface area contributed by atoms with E-state index in [0.717, 1.165) is 17.1 Å². The lowest BCUT2D eigenvalue weighted by Gasteiger charge is -2.19. The maximum atomic E-state index is 10.6. The van der Waals surface area contributed by atoms with E-state index in [0.29, 0.717) is 0 Å². The van der Waals surface area contributed by atoms with Crippen LogP contribution < -0.4 is 4.74 Å². The molecular formula is C16H16O2S. The van der Waals surface area contributed by atoms with Crippen molar-refractivity contribution in [2.75, 3.05) is 12.9 Å². The molecule has 98 valence electrons. The Labute approximate surface area is 117 Å². The molecule has 2 aromatic rings. The third-order valence-corrected chi connectivity index (χ3v) is 4.76. The van der Waals surface area contributed by atoms with E-state index in [4.69, 9.17) is 4.74 Å². The van der Waals surface area contributed by atoms with Crippen LogP contribution in [0.1, 0.15) is 23.1 Å². The molecule has 3 heteroatoms. The number of hydrogen-bond acceptors (Lipinski definition) is 3. The molecule has 1 N–H and O–H groups in total. The van der Waals surface area contributed by atoms with Crippen LogP contribution in [0.3, 0.4) is 0 Å². The molecule has 0 aromatic heterocycles. The summed E-state index contributed by atoms with van der Waals surface area (Å²) in [6.45, 7) is 0. The molecular weight excluding hydrogens is 256 g/mol. The molecule has 1 aliphatic rings. The van der Waals surface area contributed by atoms with Gasteiger partial charge in [0.05, 0.1) is 13.2 Å². The molecule has 2 aromatic carbocycles. The molecule has 0 spiro atoms. The van der Waals surface area contributed by atoms with Crippen LogP contribution in [0.5, 0.6) is 5.75 Å². The van der Waals surface area contributed by atoms with Crippen molar-refractivity contribution in [1.29, 1.82) is 0 Å². The molecule has 2 unspecified atom stereocenters. The molecule has 0 bridgehead atoms. The lowest BCUT2D eigenvalue weighted by atomic mass is 9.91. The van der Waals surface area contributed by atoms with Gasteiger partial charge in [-0.1, -0.05) is 30.3 Å². The molecule has 0 amide bonds. The van der Waals surface area contributed by atoms with Gasteiger partial charge in [0.1, 0.15) is 5.75 Å². The number of hydrogen-bond donors (Lipinski definition) is 1. The first kappa shape index (κ1) is 12.6. The number of rotatable bonds is 3. The number of ether oxygens (including phenoxy) is 1. The lowest BCUT2D eigenvalue weighted by Crippen LogP contribution is -2.10. The van der Waals surface area contributed by atoms with Gasteiger partial charge in [0.2, 0.25) is 0 Å². The summed E-state index contributed by atoms with van der Waals surface area (Å²) in [7, 11) is 1.65. The number of fused-ring (bicyclic) bond motifs is 1. The Morgan fingerprint density at radius 3 is 2.89 bits per heavy atom. The summed E-state index contributed by atoms with van der Waals surface area (Å²) < 4.78 is 5.22. The minimum Gasteiger partial charge on any atom is -0.497 e. The third kappa shape index (κ3) is 2.36. The van der Waals surface area contributed by atoms with Gasteiger partial charge >= 0.3 is 0 Å². The Hall–Kier alpha value is -1.45. The van der Waals surface area contributed by atoms with E-state index in [2.05, 4.69) is 12.1 Å². The van der Waals surface area contributed by atoms with Crippen LogP contribution >= 0.6 is 11.8 Å². The number of thioether (sulfide) groups is 1. The summed E-state index contributed by atoms with van der Waals surface area (Å²) in [5.74, 6) is 1.88. The normalized spacial score (nSPS) is 18.9. The Morgan fingerprint density at radius 2 is 2.05 bits per heavy atom. The highest BCUT2D eigenvalue weighted by atomic mass is 32.2. The van der Waals surface area contributed by atoms with E-state index < -0.39 is 6.10 Å². The van der Waals surface area contributed by atoms with Gasteiger partial charge in [0, 0.05) is 16.6 Å². The van der Waals surface area contributed by atoms with Gasteiger partial charge < -0.3 is 9.84 Å². The fraction of sp³-hybridized carbons (Fsp3) is 0.250. The average Bonchev–Trinajstić information content (AvgIpc) is 2.90. The average molecular weight is 272 g/mol. The Balaban J connectivity index is 1.90. The van der Waals surface area contributed by atoms with E-state index in [9.17, 15) is 5.11 Å². The van der Waals surface area contributed by atoms with Gasteiger partial charge in [-0.3, -0.25) is 0 Å². The molecule has 0 aliphatic carbocycles. The van der Waals surface area contributed by atoms with Crippen molar-refractivity contribution >= 4 is 11.8 Å². The SMILES string of the molecule is COc1cccc(C(O)C2CSc3ccccc32)c1. The van der Waals surface area contributed by atoms with E-state index in [-0.39, 0.29) is 5.92 Å². The Bertz CT molecular complexity index is 582. The van der Waals surface area contributed by atoms with Gasteiger partial charge in [-0.15, -0.1) is 11.8 Å². The summed E-state index contributed by atoms with van der Waals surface area (Å²) in [6, 6.07) is 16.0. The summed E-state index contributed by atoms with van der Waals surface area (Å²) in [6.07, 6.45) is -0.480. The number of aliphatic hydroxyl groups is 1. The van der Waals surface area contributed by atoms with Crippen LogP contribution in [0, 0.1) is 0 Å². The summed E-state index contributed by atoms with van der Waals surface area (Å²) in [5.41, 5.74) is 2.17. The predicted octanol–water partition coefficient (Wildman–Crippen LogP) is 3.62. The van der Waals surface area contributed by atoms with E-state index in [1.54, 1.807) is 7.11 Å². The fourth-order valence-electron chi connectivity index (χ4n) is 2.51. The minimum atomic E-state index is -0.480. The van der Waals surface area contributed by atoms with Crippen molar-refractivity contribution in [3.63, 3.8) is 0 Å². The Kier molecular flexibility index (Phi) is 3.49. The number of aliphatic hydroxyl groups excluding tert-OH is 1. The molecule has 19 heavy (non-hydrogen) atoms. The van der Waals surface area contributed by atoms with Gasteiger partial charge in [0.15, 0.2) is 0 Å². The van der Waals surface area contributed by atoms with Crippen molar-refractivity contribution in [2.45, 2.75) is 16.9 Å². The van der Waals surface area contributed by atoms with Gasteiger partial charge in [-0.2, -0.15) is 0 Å². The van der Waals surface area contributed by atoms with E-state index in [1.165, 1.54) is 10.5 Å². The summed E-state index contributed by atoms with van der Waals surface area (Å²) in [5, 5.41) is 10.6. The molecule has 0 radical (unpaired) electrons. The highest BCUT2D eigenvalue weighted by Gasteiger charge is 2.30. The Morgan fingerprint density at radius 1 is 1.21 bits per heavy atom. The highest BCUT2D eigenvalue weighted by Crippen LogP contribution is 2.45. The van der Waals surface area contributed by atoms with Crippen molar-refractivity contribution in [3.8, 4) is 5.75 Å². The second kappa shape index (κ2) is 5.27. The lowest BCUT2D eigenvalue weighted by molar-refractivity contribution is 0.153. The van der Waals surface area contributed by atoms with Crippen LogP contribution in [-0.4, -0.2) is 18.0 Å². The fourth-order valence-corrected chi connectivity index (χ4v) is 3.79. The van der Waals surface area contributed by atoms with E-state index in [1.807, 2.05) is 48.2 Å². The maximum Gasteiger partial charge on any atom is 0.119 e. The first-order valence-electron chi connectivity index (χ1n) is 6.33. The molecule has 0 fully saturated rings. The molecule has 0 saturated heterocycles. The topological polar surface area (TPSA) is 29.5 Å². The molecule has 2 nitrogen and oxygen atoms in total. The van der Waals surface area contributed by atoms with Crippen molar-refractivity contribution < 1.29 is 9.84 Å². The van der Waals surface area contributed by atoms with Crippen LogP contribution in [0.25, 0.3) is 0 Å². The van der Waals surface area contributed by atoms with Crippen LogP contribution in [0.4, 0.5) is 0 Å². The third-order valence-electron chi connectivity index (χ3n) is 3.55. The zero-order valence-electron chi connectivity index (χ0n) is 10.7. The van der Waals surface area contributed by atoms with Crippen LogP contribution in [0.15, 0.2) is 53.4 Å². The van der Waals surface area contributed by atoms with Gasteiger partial charge in [0.25, 0.3) is 0 Å². The smallest absolute Gasteiger partial charge is 0.119 e. The van der Waals surface area contributed by atoms with Crippen molar-refractivity contribution in [2.24, 2.45) is 0 Å². The maximum absolute atomic E-state index is 10.6. The first-order chi connectivity index (χ1) is 9.29. The minimum absolute atomic E-state index is 0.160. The second-order valence-corrected chi connectivity index (χ2v) is 5.74. The number of benzene rings is 2. The summed E-state index contributed by atoms with van der Waals surface area (Å²) in [4.78, 5) is 1.29. The van der Waals surface area contributed by atoms with Crippen LogP contribution in [0.2, 0.25) is 0 Å². The van der Waals surface area contributed by atoms with E-state index >= 15 is 0 Å². The number of methoxy groups -OCH3 is 1. The monoisotopic (exact) mass is 272 g/mol. The zero-order chi connectivity index (χ0) is 13.2. The van der Waals surface area contributed by atoms with Gasteiger partial charge in [-0.05, 0) is 29.3 Å². The van der Waals surface area contributed by atoms with Crippen molar-refractivity contribution in [1.82, 2.24) is 0 Å². The molecule has 3 rings (SSSR count). The zero-order valence-corrected chi connectivity index (χ0v) is 11.6. The standard InChI is InChI=1S/C16H16O2S/c1-18-12-6-4-5-11(9-12)16(17)14-10-19-15-8-3-2-7-13(14)15/h2-9,14,16-17H,10H2,1H3. The molecule has 2 atom stereocenters. The highest BCUT2D eigenvalue weighted by molar-refractivity contribution is 7.99. The largest absolute Gasteiger partial charge is 0.497 e. The molecule has 1 heterocycles. The second-order valence-electron chi connectivity index (χ2n) is 4.68. The molecule has 0 saturated carbocycles. The predicted molar refractivity (Wildman–Crippen MR) is 77.9 cm³/mol. The molecule has 1 aliphatic heterocycles. The summed E-state index contributed by atoms with van der Waals surface area (Å²) >= 11 is 1.82. The quantitative estimate of drug-likeness (QED) is 0.925.